The molecule has 4 rings (SSSR count). The Balaban J connectivity index is 1.71. The molecular formula is C25H28N4O3S. The van der Waals surface area contributed by atoms with Crippen LogP contribution in [0, 0.1) is 0 Å². The third kappa shape index (κ3) is 4.71. The van der Waals surface area contributed by atoms with Crippen molar-refractivity contribution in [3.63, 3.8) is 0 Å². The zero-order valence-electron chi connectivity index (χ0n) is 19.3. The van der Waals surface area contributed by atoms with Gasteiger partial charge >= 0.3 is 0 Å². The third-order valence-corrected chi connectivity index (χ3v) is 5.86. The number of ether oxygens (including phenoxy) is 2. The van der Waals surface area contributed by atoms with Gasteiger partial charge in [0.05, 0.1) is 24.8 Å². The van der Waals surface area contributed by atoms with Crippen molar-refractivity contribution < 1.29 is 14.0 Å². The molecule has 3 aromatic rings. The lowest BCUT2D eigenvalue weighted by Crippen LogP contribution is -2.45. The maximum Gasteiger partial charge on any atom is 0.258 e. The number of hydrogen-bond acceptors (Lipinski definition) is 6. The van der Waals surface area contributed by atoms with Gasteiger partial charge in [0, 0.05) is 17.8 Å². The Kier molecular flexibility index (Phi) is 6.93. The SMILES string of the molecule is CCOc1ccc(-c2noc(C3=C(C)N(CC)C(=S)NC3c3ccc(OCC)cc3)n2)cc1. The molecule has 1 unspecified atom stereocenters. The Morgan fingerprint density at radius 3 is 2.15 bits per heavy atom. The minimum absolute atomic E-state index is 0.218. The van der Waals surface area contributed by atoms with E-state index in [1.54, 1.807) is 0 Å². The Hall–Kier alpha value is -3.39. The fourth-order valence-electron chi connectivity index (χ4n) is 3.93. The van der Waals surface area contributed by atoms with E-state index in [9.17, 15) is 0 Å². The second-order valence-electron chi connectivity index (χ2n) is 7.51. The zero-order chi connectivity index (χ0) is 23.4. The van der Waals surface area contributed by atoms with Crippen molar-refractivity contribution in [1.29, 1.82) is 0 Å². The third-order valence-electron chi connectivity index (χ3n) is 5.52. The number of rotatable bonds is 8. The van der Waals surface area contributed by atoms with Crippen LogP contribution in [0.2, 0.25) is 0 Å². The van der Waals surface area contributed by atoms with Crippen LogP contribution in [0.3, 0.4) is 0 Å². The van der Waals surface area contributed by atoms with E-state index >= 15 is 0 Å². The molecule has 1 aliphatic rings. The van der Waals surface area contributed by atoms with Crippen molar-refractivity contribution in [2.24, 2.45) is 0 Å². The number of nitrogens with one attached hydrogen (secondary N) is 1. The van der Waals surface area contributed by atoms with E-state index in [1.807, 2.05) is 74.2 Å². The van der Waals surface area contributed by atoms with Crippen LogP contribution in [-0.4, -0.2) is 39.9 Å². The summed E-state index contributed by atoms with van der Waals surface area (Å²) < 4.78 is 16.9. The minimum atomic E-state index is -0.218. The molecule has 1 aromatic heterocycles. The fourth-order valence-corrected chi connectivity index (χ4v) is 4.31. The zero-order valence-corrected chi connectivity index (χ0v) is 20.1. The number of aromatic nitrogens is 2. The summed E-state index contributed by atoms with van der Waals surface area (Å²) in [6.45, 7) is 10.00. The highest BCUT2D eigenvalue weighted by Crippen LogP contribution is 2.37. The van der Waals surface area contributed by atoms with E-state index in [0.29, 0.717) is 30.0 Å². The highest BCUT2D eigenvalue weighted by molar-refractivity contribution is 7.80. The number of hydrogen-bond donors (Lipinski definition) is 1. The van der Waals surface area contributed by atoms with Crippen molar-refractivity contribution >= 4 is 22.9 Å². The summed E-state index contributed by atoms with van der Waals surface area (Å²) >= 11 is 5.64. The van der Waals surface area contributed by atoms with Gasteiger partial charge in [-0.15, -0.1) is 0 Å². The van der Waals surface area contributed by atoms with Gasteiger partial charge in [-0.25, -0.2) is 0 Å². The molecule has 33 heavy (non-hydrogen) atoms. The van der Waals surface area contributed by atoms with Gasteiger partial charge in [-0.3, -0.25) is 0 Å². The summed E-state index contributed by atoms with van der Waals surface area (Å²) in [6.07, 6.45) is 0. The molecule has 0 spiro atoms. The fraction of sp³-hybridized carbons (Fsp3) is 0.320. The normalized spacial score (nSPS) is 16.1. The number of allylic oxidation sites excluding steroid dienone is 1. The van der Waals surface area contributed by atoms with Gasteiger partial charge in [-0.1, -0.05) is 17.3 Å². The molecule has 0 saturated carbocycles. The van der Waals surface area contributed by atoms with Crippen molar-refractivity contribution in [3.05, 3.63) is 65.7 Å². The highest BCUT2D eigenvalue weighted by Gasteiger charge is 2.33. The summed E-state index contributed by atoms with van der Waals surface area (Å²) in [7, 11) is 0. The summed E-state index contributed by atoms with van der Waals surface area (Å²) in [4.78, 5) is 6.77. The molecule has 0 saturated heterocycles. The van der Waals surface area contributed by atoms with Crippen molar-refractivity contribution in [2.75, 3.05) is 19.8 Å². The molecule has 0 aliphatic carbocycles. The molecule has 1 atom stereocenters. The molecule has 172 valence electrons. The van der Waals surface area contributed by atoms with Crippen LogP contribution in [0.15, 0.2) is 58.8 Å². The number of thiocarbonyl (C=S) groups is 1. The van der Waals surface area contributed by atoms with Crippen molar-refractivity contribution in [3.8, 4) is 22.9 Å². The molecule has 0 radical (unpaired) electrons. The van der Waals surface area contributed by atoms with Crippen molar-refractivity contribution in [1.82, 2.24) is 20.4 Å². The van der Waals surface area contributed by atoms with Crippen LogP contribution in [0.1, 0.15) is 45.2 Å². The second-order valence-corrected chi connectivity index (χ2v) is 7.90. The van der Waals surface area contributed by atoms with Crippen LogP contribution < -0.4 is 14.8 Å². The standard InChI is InChI=1S/C25H28N4O3S/c1-5-29-16(4)21(22(26-25(29)33)17-8-12-19(13-9-17)30-6-2)24-27-23(28-32-24)18-10-14-20(15-11-18)31-7-3/h8-15,22H,5-7H2,1-4H3,(H,26,33). The largest absolute Gasteiger partial charge is 0.494 e. The minimum Gasteiger partial charge on any atom is -0.494 e. The monoisotopic (exact) mass is 464 g/mol. The van der Waals surface area contributed by atoms with Gasteiger partial charge in [0.1, 0.15) is 11.5 Å². The van der Waals surface area contributed by atoms with Gasteiger partial charge < -0.3 is 24.2 Å². The maximum atomic E-state index is 5.76. The summed E-state index contributed by atoms with van der Waals surface area (Å²) in [6, 6.07) is 15.4. The van der Waals surface area contributed by atoms with E-state index in [0.717, 1.165) is 40.4 Å². The first-order valence-electron chi connectivity index (χ1n) is 11.1. The first-order valence-corrected chi connectivity index (χ1v) is 11.5. The average Bonchev–Trinajstić information content (AvgIpc) is 3.30. The lowest BCUT2D eigenvalue weighted by Gasteiger charge is -2.36. The Labute approximate surface area is 199 Å². The predicted octanol–water partition coefficient (Wildman–Crippen LogP) is 5.22. The van der Waals surface area contributed by atoms with E-state index < -0.39 is 0 Å². The van der Waals surface area contributed by atoms with E-state index in [-0.39, 0.29) is 6.04 Å². The smallest absolute Gasteiger partial charge is 0.258 e. The number of nitrogens with zero attached hydrogens (tertiary/aromatic N) is 3. The maximum absolute atomic E-state index is 5.76. The Morgan fingerprint density at radius 1 is 0.970 bits per heavy atom. The first-order chi connectivity index (χ1) is 16.0. The molecule has 0 fully saturated rings. The summed E-state index contributed by atoms with van der Waals surface area (Å²) in [5.74, 6) is 2.62. The Morgan fingerprint density at radius 2 is 1.58 bits per heavy atom. The van der Waals surface area contributed by atoms with Crippen molar-refractivity contribution in [2.45, 2.75) is 33.7 Å². The van der Waals surface area contributed by atoms with E-state index in [2.05, 4.69) is 17.4 Å². The van der Waals surface area contributed by atoms with E-state index in [4.69, 9.17) is 31.2 Å². The molecular weight excluding hydrogens is 436 g/mol. The lowest BCUT2D eigenvalue weighted by atomic mass is 9.94. The van der Waals surface area contributed by atoms with E-state index in [1.165, 1.54) is 0 Å². The van der Waals surface area contributed by atoms with Crippen LogP contribution in [0.25, 0.3) is 17.0 Å². The topological polar surface area (TPSA) is 72.7 Å². The molecule has 2 heterocycles. The lowest BCUT2D eigenvalue weighted by molar-refractivity contribution is 0.340. The molecule has 2 aromatic carbocycles. The van der Waals surface area contributed by atoms with Gasteiger partial charge in [0.2, 0.25) is 5.82 Å². The van der Waals surface area contributed by atoms with Crippen LogP contribution in [0.5, 0.6) is 11.5 Å². The van der Waals surface area contributed by atoms with Crippen LogP contribution >= 0.6 is 12.2 Å². The van der Waals surface area contributed by atoms with Gasteiger partial charge in [0.15, 0.2) is 5.11 Å². The molecule has 1 N–H and O–H groups in total. The van der Waals surface area contributed by atoms with Crippen LogP contribution in [0.4, 0.5) is 0 Å². The molecule has 7 nitrogen and oxygen atoms in total. The first kappa shape index (κ1) is 22.8. The van der Waals surface area contributed by atoms with Crippen LogP contribution in [-0.2, 0) is 0 Å². The molecule has 0 amide bonds. The highest BCUT2D eigenvalue weighted by atomic mass is 32.1. The Bertz CT molecular complexity index is 1140. The molecule has 1 aliphatic heterocycles. The number of benzene rings is 2. The second kappa shape index (κ2) is 10.0. The predicted molar refractivity (Wildman–Crippen MR) is 132 cm³/mol. The van der Waals surface area contributed by atoms with Gasteiger partial charge in [-0.05, 0) is 81.9 Å². The van der Waals surface area contributed by atoms with Gasteiger partial charge in [0.25, 0.3) is 5.89 Å². The molecule has 0 bridgehead atoms. The summed E-state index contributed by atoms with van der Waals surface area (Å²) in [5, 5.41) is 8.37. The average molecular weight is 465 g/mol. The summed E-state index contributed by atoms with van der Waals surface area (Å²) in [5.41, 5.74) is 3.78. The quantitative estimate of drug-likeness (QED) is 0.455. The molecule has 8 heteroatoms. The van der Waals surface area contributed by atoms with Gasteiger partial charge in [-0.2, -0.15) is 4.98 Å².